The Hall–Kier alpha value is 1.49. The van der Waals surface area contributed by atoms with Crippen LogP contribution in [0, 0.1) is 0 Å². The Morgan fingerprint density at radius 2 is 1.71 bits per heavy atom. The van der Waals surface area contributed by atoms with Crippen LogP contribution in [0.5, 0.6) is 0 Å². The van der Waals surface area contributed by atoms with Gasteiger partial charge in [0.15, 0.2) is 0 Å². The third kappa shape index (κ3) is 18.5. The Labute approximate surface area is 75.0 Å². The highest BCUT2D eigenvalue weighted by atomic mass is 79.9. The average molecular weight is 246 g/mol. The number of hydrogen-bond donors (Lipinski definition) is 0. The van der Waals surface area contributed by atoms with Gasteiger partial charge in [0.05, 0.1) is 0 Å². The fraction of sp³-hybridized carbons (Fsp3) is 1.00. The molecule has 0 saturated carbocycles. The second-order valence-electron chi connectivity index (χ2n) is 1.14. The first-order chi connectivity index (χ1) is 2.41. The van der Waals surface area contributed by atoms with Crippen molar-refractivity contribution in [3.63, 3.8) is 0 Å². The maximum Gasteiger partial charge on any atom is 0.118 e. The molecule has 0 aliphatic rings. The molecule has 0 aromatic heterocycles. The van der Waals surface area contributed by atoms with Gasteiger partial charge in [-0.15, -0.1) is 39.2 Å². The summed E-state index contributed by atoms with van der Waals surface area (Å²) >= 11 is 2.70. The molecule has 0 N–H and O–H groups in total. The minimum Gasteiger partial charge on any atom is -0.118 e. The van der Waals surface area contributed by atoms with Gasteiger partial charge in [0, 0.05) is 0 Å². The summed E-state index contributed by atoms with van der Waals surface area (Å²) in [7, 11) is 0. The predicted octanol–water partition coefficient (Wildman–Crippen LogP) is 2.53. The first-order valence-corrected chi connectivity index (χ1v) is 2.93. The summed E-state index contributed by atoms with van der Waals surface area (Å²) in [5, 5.41) is 1.26. The molecule has 0 rings (SSSR count). The van der Waals surface area contributed by atoms with Gasteiger partial charge >= 0.3 is 0 Å². The van der Waals surface area contributed by atoms with Crippen LogP contribution >= 0.6 is 34.0 Å². The SMILES string of the molecule is Br.Br.CCC[CH2][Al]. The molecule has 0 nitrogen and oxygen atoms in total. The molecule has 0 heterocycles. The third-order valence-corrected chi connectivity index (χ3v) is 0.966. The zero-order chi connectivity index (χ0) is 4.12. The highest BCUT2D eigenvalue weighted by molar-refractivity contribution is 8.93. The molecule has 0 saturated heterocycles. The van der Waals surface area contributed by atoms with E-state index in [1.165, 1.54) is 18.1 Å². The molecule has 0 amide bonds. The smallest absolute Gasteiger partial charge is 0.118 e. The van der Waals surface area contributed by atoms with Gasteiger partial charge in [-0.1, -0.05) is 19.8 Å². The van der Waals surface area contributed by atoms with Crippen LogP contribution in [0.3, 0.4) is 0 Å². The van der Waals surface area contributed by atoms with Gasteiger partial charge in [-0.2, -0.15) is 0 Å². The van der Waals surface area contributed by atoms with Crippen molar-refractivity contribution >= 4 is 50.3 Å². The van der Waals surface area contributed by atoms with Gasteiger partial charge in [0.25, 0.3) is 0 Å². The summed E-state index contributed by atoms with van der Waals surface area (Å²) in [6, 6.07) is 0. The quantitative estimate of drug-likeness (QED) is 0.656. The number of rotatable bonds is 2. The van der Waals surface area contributed by atoms with Crippen molar-refractivity contribution in [2.45, 2.75) is 25.0 Å². The Morgan fingerprint density at radius 1 is 1.29 bits per heavy atom. The molecule has 0 atom stereocenters. The molecule has 0 aromatic carbocycles. The molecule has 0 spiro atoms. The second kappa shape index (κ2) is 15.6. The van der Waals surface area contributed by atoms with Gasteiger partial charge in [-0.05, 0) is 0 Å². The minimum atomic E-state index is 0. The number of unbranched alkanes of at least 4 members (excludes halogenated alkanes) is 1. The van der Waals surface area contributed by atoms with E-state index < -0.39 is 0 Å². The van der Waals surface area contributed by atoms with E-state index >= 15 is 0 Å². The van der Waals surface area contributed by atoms with E-state index in [0.717, 1.165) is 0 Å². The molecule has 3 heteroatoms. The van der Waals surface area contributed by atoms with Crippen LogP contribution in [0.1, 0.15) is 19.8 Å². The van der Waals surface area contributed by atoms with E-state index in [4.69, 9.17) is 0 Å². The maximum absolute atomic E-state index is 2.70. The van der Waals surface area contributed by atoms with E-state index in [1.807, 2.05) is 0 Å². The zero-order valence-electron chi connectivity index (χ0n) is 4.52. The van der Waals surface area contributed by atoms with Crippen LogP contribution in [-0.4, -0.2) is 16.3 Å². The Balaban J connectivity index is -0.0000000800. The molecule has 7 heavy (non-hydrogen) atoms. The lowest BCUT2D eigenvalue weighted by molar-refractivity contribution is 0.884. The summed E-state index contributed by atoms with van der Waals surface area (Å²) in [5.74, 6) is 0. The molecule has 2 radical (unpaired) electrons. The lowest BCUT2D eigenvalue weighted by atomic mass is 10.4. The van der Waals surface area contributed by atoms with Crippen LogP contribution in [0.4, 0.5) is 0 Å². The Kier molecular flexibility index (Phi) is 35.3. The van der Waals surface area contributed by atoms with Crippen LogP contribution < -0.4 is 0 Å². The lowest BCUT2D eigenvalue weighted by Gasteiger charge is -1.79. The van der Waals surface area contributed by atoms with Crippen molar-refractivity contribution in [1.29, 1.82) is 0 Å². The maximum atomic E-state index is 2.70. The van der Waals surface area contributed by atoms with Crippen molar-refractivity contribution in [2.24, 2.45) is 0 Å². The van der Waals surface area contributed by atoms with E-state index in [-0.39, 0.29) is 34.0 Å². The van der Waals surface area contributed by atoms with Crippen molar-refractivity contribution in [1.82, 2.24) is 0 Å². The summed E-state index contributed by atoms with van der Waals surface area (Å²) in [6.45, 7) is 2.20. The van der Waals surface area contributed by atoms with E-state index in [9.17, 15) is 0 Å². The molecule has 44 valence electrons. The fourth-order valence-electron chi connectivity index (χ4n) is 0.204. The molecular weight excluding hydrogens is 235 g/mol. The molecule has 0 unspecified atom stereocenters. The van der Waals surface area contributed by atoms with Crippen molar-refractivity contribution in [3.8, 4) is 0 Å². The highest BCUT2D eigenvalue weighted by Crippen LogP contribution is 1.86. The van der Waals surface area contributed by atoms with Crippen LogP contribution in [0.15, 0.2) is 0 Å². The average Bonchev–Trinajstić information content (AvgIpc) is 1.41. The third-order valence-electron chi connectivity index (χ3n) is 0.558. The van der Waals surface area contributed by atoms with E-state index in [0.29, 0.717) is 0 Å². The molecule has 0 bridgehead atoms. The van der Waals surface area contributed by atoms with Gasteiger partial charge in [-0.3, -0.25) is 0 Å². The predicted molar refractivity (Wildman–Crippen MR) is 46.1 cm³/mol. The summed E-state index contributed by atoms with van der Waals surface area (Å²) in [6.07, 6.45) is 2.67. The molecular formula is C4H11AlBr2. The van der Waals surface area contributed by atoms with Crippen molar-refractivity contribution in [3.05, 3.63) is 0 Å². The number of halogens is 2. The fourth-order valence-corrected chi connectivity index (χ4v) is 0.612. The normalized spacial score (nSPS) is 5.86. The number of hydrogen-bond acceptors (Lipinski definition) is 0. The topological polar surface area (TPSA) is 0 Å². The van der Waals surface area contributed by atoms with Gasteiger partial charge < -0.3 is 0 Å². The molecule has 0 aliphatic carbocycles. The molecule has 0 fully saturated rings. The Morgan fingerprint density at radius 3 is 1.71 bits per heavy atom. The van der Waals surface area contributed by atoms with E-state index in [1.54, 1.807) is 0 Å². The molecule has 0 aromatic rings. The summed E-state index contributed by atoms with van der Waals surface area (Å²) < 4.78 is 0. The van der Waals surface area contributed by atoms with E-state index in [2.05, 4.69) is 23.2 Å². The monoisotopic (exact) mass is 244 g/mol. The van der Waals surface area contributed by atoms with Crippen LogP contribution in [0.25, 0.3) is 0 Å². The van der Waals surface area contributed by atoms with Crippen LogP contribution in [-0.2, 0) is 0 Å². The minimum absolute atomic E-state index is 0. The lowest BCUT2D eigenvalue weighted by Crippen LogP contribution is -1.63. The summed E-state index contributed by atoms with van der Waals surface area (Å²) in [4.78, 5) is 0. The highest BCUT2D eigenvalue weighted by Gasteiger charge is 1.67. The largest absolute Gasteiger partial charge is 0.118 e. The van der Waals surface area contributed by atoms with Crippen molar-refractivity contribution < 1.29 is 0 Å². The van der Waals surface area contributed by atoms with Gasteiger partial charge in [0.1, 0.15) is 16.3 Å². The summed E-state index contributed by atoms with van der Waals surface area (Å²) in [5.41, 5.74) is 0. The Bertz CT molecular complexity index is 17.2. The molecule has 0 aliphatic heterocycles. The van der Waals surface area contributed by atoms with Gasteiger partial charge in [0.2, 0.25) is 0 Å². The first-order valence-electron chi connectivity index (χ1n) is 2.12. The van der Waals surface area contributed by atoms with Crippen molar-refractivity contribution in [2.75, 3.05) is 0 Å². The first kappa shape index (κ1) is 15.8. The second-order valence-corrected chi connectivity index (χ2v) is 1.72. The zero-order valence-corrected chi connectivity index (χ0v) is 9.10. The standard InChI is InChI=1S/C4H9.Al.2BrH/c1-3-4-2;;;/h1,3-4H2,2H3;;2*1H. The van der Waals surface area contributed by atoms with Gasteiger partial charge in [-0.25, -0.2) is 0 Å². The van der Waals surface area contributed by atoms with Crippen LogP contribution in [0.2, 0.25) is 5.28 Å².